The molecule has 0 bridgehead atoms. The molecule has 2 rings (SSSR count). The van der Waals surface area contributed by atoms with Gasteiger partial charge in [-0.25, -0.2) is 0 Å². The molecule has 0 fully saturated rings. The maximum atomic E-state index is 5.45. The van der Waals surface area contributed by atoms with E-state index in [2.05, 4.69) is 20.5 Å². The molecule has 17 heavy (non-hydrogen) atoms. The Bertz CT molecular complexity index is 477. The first-order chi connectivity index (χ1) is 8.19. The van der Waals surface area contributed by atoms with Crippen molar-refractivity contribution < 1.29 is 9.15 Å². The quantitative estimate of drug-likeness (QED) is 0.828. The maximum Gasteiger partial charge on any atom is 0.242 e. The molecule has 0 aliphatic heterocycles. The van der Waals surface area contributed by atoms with Gasteiger partial charge in [0, 0.05) is 13.2 Å². The van der Waals surface area contributed by atoms with Crippen molar-refractivity contribution in [2.75, 3.05) is 19.0 Å². The second-order valence-electron chi connectivity index (χ2n) is 3.92. The van der Waals surface area contributed by atoms with Crippen molar-refractivity contribution in [3.63, 3.8) is 0 Å². The molecule has 0 aromatic carbocycles. The normalized spacial score (nSPS) is 12.6. The van der Waals surface area contributed by atoms with Crippen LogP contribution in [-0.2, 0) is 4.74 Å². The summed E-state index contributed by atoms with van der Waals surface area (Å²) in [6.45, 7) is 4.49. The number of anilines is 1. The fraction of sp³-hybridized carbons (Fsp3) is 0.455. The lowest BCUT2D eigenvalue weighted by molar-refractivity contribution is 0.190. The minimum Gasteiger partial charge on any atom is -0.458 e. The zero-order valence-electron chi connectivity index (χ0n) is 10.2. The van der Waals surface area contributed by atoms with Crippen molar-refractivity contribution in [2.45, 2.75) is 19.9 Å². The molecule has 1 unspecified atom stereocenters. The number of furan rings is 1. The molecule has 2 heterocycles. The third kappa shape index (κ3) is 2.85. The first kappa shape index (κ1) is 11.7. The number of ether oxygens (including phenoxy) is 1. The predicted octanol–water partition coefficient (Wildman–Crippen LogP) is 1.82. The second kappa shape index (κ2) is 5.01. The number of aromatic amines is 1. The monoisotopic (exact) mass is 236 g/mol. The van der Waals surface area contributed by atoms with E-state index >= 15 is 0 Å². The van der Waals surface area contributed by atoms with E-state index < -0.39 is 0 Å². The molecule has 0 amide bonds. The molecule has 6 heteroatoms. The summed E-state index contributed by atoms with van der Waals surface area (Å²) < 4.78 is 10.5. The van der Waals surface area contributed by atoms with Crippen LogP contribution in [0.4, 0.5) is 5.95 Å². The van der Waals surface area contributed by atoms with Gasteiger partial charge >= 0.3 is 0 Å². The van der Waals surface area contributed by atoms with E-state index in [1.165, 1.54) is 0 Å². The summed E-state index contributed by atoms with van der Waals surface area (Å²) in [4.78, 5) is 4.29. The van der Waals surface area contributed by atoms with E-state index in [0.29, 0.717) is 24.1 Å². The van der Waals surface area contributed by atoms with Crippen LogP contribution in [0.25, 0.3) is 11.6 Å². The first-order valence-electron chi connectivity index (χ1n) is 5.43. The summed E-state index contributed by atoms with van der Waals surface area (Å²) in [5, 5.41) is 10.0. The van der Waals surface area contributed by atoms with Gasteiger partial charge in [-0.15, -0.1) is 5.10 Å². The number of H-pyrrole nitrogens is 1. The van der Waals surface area contributed by atoms with Crippen LogP contribution in [-0.4, -0.2) is 34.9 Å². The second-order valence-corrected chi connectivity index (χ2v) is 3.92. The van der Waals surface area contributed by atoms with Crippen LogP contribution in [0.5, 0.6) is 0 Å². The average Bonchev–Trinajstić information content (AvgIpc) is 2.87. The Morgan fingerprint density at radius 3 is 3.00 bits per heavy atom. The molecular formula is C11H16N4O2. The van der Waals surface area contributed by atoms with Gasteiger partial charge in [0.25, 0.3) is 0 Å². The number of rotatable bonds is 5. The highest BCUT2D eigenvalue weighted by atomic mass is 16.5. The van der Waals surface area contributed by atoms with Crippen LogP contribution in [0.15, 0.2) is 16.5 Å². The van der Waals surface area contributed by atoms with Crippen LogP contribution < -0.4 is 5.32 Å². The lowest BCUT2D eigenvalue weighted by Gasteiger charge is -2.09. The molecule has 2 aromatic rings. The van der Waals surface area contributed by atoms with Crippen molar-refractivity contribution in [1.82, 2.24) is 15.2 Å². The van der Waals surface area contributed by atoms with Gasteiger partial charge in [-0.2, -0.15) is 4.98 Å². The molecule has 0 spiro atoms. The largest absolute Gasteiger partial charge is 0.458 e. The first-order valence-corrected chi connectivity index (χ1v) is 5.43. The fourth-order valence-corrected chi connectivity index (χ4v) is 1.51. The van der Waals surface area contributed by atoms with Crippen LogP contribution in [0.3, 0.4) is 0 Å². The summed E-state index contributed by atoms with van der Waals surface area (Å²) in [6, 6.07) is 3.90. The van der Waals surface area contributed by atoms with Gasteiger partial charge in [0.15, 0.2) is 11.6 Å². The average molecular weight is 236 g/mol. The van der Waals surface area contributed by atoms with Crippen molar-refractivity contribution >= 4 is 5.95 Å². The molecule has 1 atom stereocenters. The van der Waals surface area contributed by atoms with Crippen LogP contribution in [0.1, 0.15) is 12.7 Å². The van der Waals surface area contributed by atoms with Crippen LogP contribution >= 0.6 is 0 Å². The van der Waals surface area contributed by atoms with Crippen molar-refractivity contribution in [1.29, 1.82) is 0 Å². The number of aromatic nitrogens is 3. The van der Waals surface area contributed by atoms with E-state index in [9.17, 15) is 0 Å². The zero-order chi connectivity index (χ0) is 12.3. The van der Waals surface area contributed by atoms with Crippen LogP contribution in [0, 0.1) is 6.92 Å². The van der Waals surface area contributed by atoms with Crippen molar-refractivity contribution in [3.8, 4) is 11.6 Å². The Balaban J connectivity index is 2.05. The smallest absolute Gasteiger partial charge is 0.242 e. The topological polar surface area (TPSA) is 76.0 Å². The summed E-state index contributed by atoms with van der Waals surface area (Å²) in [6.07, 6.45) is 0. The third-order valence-electron chi connectivity index (χ3n) is 2.25. The highest BCUT2D eigenvalue weighted by molar-refractivity contribution is 5.49. The number of methoxy groups -OCH3 is 1. The fourth-order valence-electron chi connectivity index (χ4n) is 1.51. The lowest BCUT2D eigenvalue weighted by Crippen LogP contribution is -2.21. The Labute approximate surface area is 99.4 Å². The van der Waals surface area contributed by atoms with E-state index in [0.717, 1.165) is 5.76 Å². The van der Waals surface area contributed by atoms with Gasteiger partial charge in [-0.05, 0) is 26.0 Å². The Kier molecular flexibility index (Phi) is 3.43. The van der Waals surface area contributed by atoms with E-state index in [4.69, 9.17) is 9.15 Å². The summed E-state index contributed by atoms with van der Waals surface area (Å²) >= 11 is 0. The molecule has 6 nitrogen and oxygen atoms in total. The van der Waals surface area contributed by atoms with E-state index in [-0.39, 0.29) is 6.04 Å². The van der Waals surface area contributed by atoms with Gasteiger partial charge in [0.2, 0.25) is 5.95 Å². The Hall–Kier alpha value is -1.82. The van der Waals surface area contributed by atoms with Gasteiger partial charge < -0.3 is 14.5 Å². The summed E-state index contributed by atoms with van der Waals surface area (Å²) in [5.41, 5.74) is 0. The van der Waals surface area contributed by atoms with Gasteiger partial charge in [0.1, 0.15) is 5.76 Å². The number of nitrogens with one attached hydrogen (secondary N) is 2. The number of hydrogen-bond acceptors (Lipinski definition) is 5. The summed E-state index contributed by atoms with van der Waals surface area (Å²) in [7, 11) is 1.66. The SMILES string of the molecule is COCC(C)Nc1n[nH]c(-c2ccc(C)o2)n1. The third-order valence-corrected chi connectivity index (χ3v) is 2.25. The minimum absolute atomic E-state index is 0.155. The number of hydrogen-bond donors (Lipinski definition) is 2. The minimum atomic E-state index is 0.155. The molecule has 0 saturated carbocycles. The maximum absolute atomic E-state index is 5.45. The molecule has 0 saturated heterocycles. The van der Waals surface area contributed by atoms with Gasteiger partial charge in [0.05, 0.1) is 6.61 Å². The van der Waals surface area contributed by atoms with E-state index in [1.54, 1.807) is 7.11 Å². The standard InChI is InChI=1S/C11H16N4O2/c1-7(6-16-3)12-11-13-10(14-15-11)9-5-4-8(2)17-9/h4-5,7H,6H2,1-3H3,(H2,12,13,14,15). The Morgan fingerprint density at radius 2 is 2.35 bits per heavy atom. The molecule has 2 N–H and O–H groups in total. The Morgan fingerprint density at radius 1 is 1.53 bits per heavy atom. The highest BCUT2D eigenvalue weighted by Crippen LogP contribution is 2.18. The highest BCUT2D eigenvalue weighted by Gasteiger charge is 2.10. The molecular weight excluding hydrogens is 220 g/mol. The van der Waals surface area contributed by atoms with E-state index in [1.807, 2.05) is 26.0 Å². The van der Waals surface area contributed by atoms with Gasteiger partial charge in [-0.1, -0.05) is 0 Å². The molecule has 92 valence electrons. The van der Waals surface area contributed by atoms with Crippen molar-refractivity contribution in [2.24, 2.45) is 0 Å². The zero-order valence-corrected chi connectivity index (χ0v) is 10.2. The summed E-state index contributed by atoms with van der Waals surface area (Å²) in [5.74, 6) is 2.69. The molecule has 2 aromatic heterocycles. The molecule has 0 radical (unpaired) electrons. The number of aryl methyl sites for hydroxylation is 1. The molecule has 0 aliphatic carbocycles. The predicted molar refractivity (Wildman–Crippen MR) is 63.8 cm³/mol. The lowest BCUT2D eigenvalue weighted by atomic mass is 10.4. The van der Waals surface area contributed by atoms with Crippen molar-refractivity contribution in [3.05, 3.63) is 17.9 Å². The number of nitrogens with zero attached hydrogens (tertiary/aromatic N) is 2. The van der Waals surface area contributed by atoms with Gasteiger partial charge in [-0.3, -0.25) is 5.10 Å². The molecule has 0 aliphatic rings. The van der Waals surface area contributed by atoms with Crippen LogP contribution in [0.2, 0.25) is 0 Å².